The Kier molecular flexibility index (Phi) is 5.85. The maximum atomic E-state index is 12.9. The van der Waals surface area contributed by atoms with E-state index in [-0.39, 0.29) is 24.2 Å². The van der Waals surface area contributed by atoms with Crippen LogP contribution < -0.4 is 0 Å². The molecule has 1 saturated heterocycles. The summed E-state index contributed by atoms with van der Waals surface area (Å²) in [6, 6.07) is 7.45. The minimum atomic E-state index is -0.803. The summed E-state index contributed by atoms with van der Waals surface area (Å²) in [5, 5.41) is 0.618. The van der Waals surface area contributed by atoms with Crippen LogP contribution in [-0.2, 0) is 16.0 Å². The molecule has 1 unspecified atom stereocenters. The topological polar surface area (TPSA) is 72.6 Å². The molecule has 1 amide bonds. The molecule has 7 heteroatoms. The molecule has 6 nitrogen and oxygen atoms in total. The second kappa shape index (κ2) is 8.13. The van der Waals surface area contributed by atoms with Gasteiger partial charge in [0.05, 0.1) is 17.7 Å². The minimum absolute atomic E-state index is 0.220. The Morgan fingerprint density at radius 1 is 1.41 bits per heavy atom. The third kappa shape index (κ3) is 4.16. The summed E-state index contributed by atoms with van der Waals surface area (Å²) in [6.07, 6.45) is 3.08. The highest BCUT2D eigenvalue weighted by molar-refractivity contribution is 6.30. The van der Waals surface area contributed by atoms with E-state index in [0.717, 1.165) is 5.56 Å². The van der Waals surface area contributed by atoms with Gasteiger partial charge in [-0.15, -0.1) is 0 Å². The second-order valence-electron chi connectivity index (χ2n) is 6.90. The van der Waals surface area contributed by atoms with E-state index in [0.29, 0.717) is 43.1 Å². The maximum absolute atomic E-state index is 12.9. The fourth-order valence-electron chi connectivity index (χ4n) is 3.66. The molecule has 0 saturated carbocycles. The first kappa shape index (κ1) is 19.4. The molecule has 1 aliphatic rings. The highest BCUT2D eigenvalue weighted by Gasteiger charge is 2.45. The van der Waals surface area contributed by atoms with Gasteiger partial charge in [0.2, 0.25) is 5.76 Å². The summed E-state index contributed by atoms with van der Waals surface area (Å²) < 4.78 is 10.6. The number of aromatic nitrogens is 1. The van der Waals surface area contributed by atoms with Crippen LogP contribution in [0, 0.1) is 12.3 Å². The number of amides is 1. The van der Waals surface area contributed by atoms with E-state index >= 15 is 0 Å². The molecule has 27 heavy (non-hydrogen) atoms. The Hall–Kier alpha value is -2.34. The predicted molar refractivity (Wildman–Crippen MR) is 101 cm³/mol. The Morgan fingerprint density at radius 2 is 2.22 bits per heavy atom. The number of nitrogens with zero attached hydrogens (tertiary/aromatic N) is 2. The minimum Gasteiger partial charge on any atom is -0.466 e. The third-order valence-electron chi connectivity index (χ3n) is 4.94. The smallest absolute Gasteiger partial charge is 0.314 e. The van der Waals surface area contributed by atoms with Crippen molar-refractivity contribution in [1.82, 2.24) is 9.88 Å². The van der Waals surface area contributed by atoms with Crippen LogP contribution in [0.2, 0.25) is 5.02 Å². The molecule has 1 aromatic carbocycles. The lowest BCUT2D eigenvalue weighted by molar-refractivity contribution is -0.158. The number of likely N-dealkylation sites (tertiary alicyclic amines) is 1. The van der Waals surface area contributed by atoms with Crippen LogP contribution in [0.4, 0.5) is 0 Å². The van der Waals surface area contributed by atoms with E-state index in [2.05, 4.69) is 4.98 Å². The van der Waals surface area contributed by atoms with Crippen LogP contribution >= 0.6 is 11.6 Å². The molecular weight excluding hydrogens is 368 g/mol. The van der Waals surface area contributed by atoms with E-state index in [4.69, 9.17) is 20.8 Å². The second-order valence-corrected chi connectivity index (χ2v) is 7.34. The summed E-state index contributed by atoms with van der Waals surface area (Å²) in [6.45, 7) is 4.65. The number of hydrogen-bond donors (Lipinski definition) is 0. The monoisotopic (exact) mass is 390 g/mol. The van der Waals surface area contributed by atoms with E-state index < -0.39 is 5.41 Å². The number of esters is 1. The molecule has 0 aliphatic carbocycles. The van der Waals surface area contributed by atoms with Gasteiger partial charge in [-0.05, 0) is 50.8 Å². The van der Waals surface area contributed by atoms with Gasteiger partial charge in [0.25, 0.3) is 5.91 Å². The number of piperidine rings is 1. The fraction of sp³-hybridized carbons (Fsp3) is 0.450. The van der Waals surface area contributed by atoms with Gasteiger partial charge in [0.15, 0.2) is 6.39 Å². The Labute approximate surface area is 163 Å². The molecule has 0 spiro atoms. The molecule has 144 valence electrons. The molecule has 3 rings (SSSR count). The summed E-state index contributed by atoms with van der Waals surface area (Å²) in [5.41, 5.74) is 0.686. The summed E-state index contributed by atoms with van der Waals surface area (Å²) in [5.74, 6) is -0.307. The van der Waals surface area contributed by atoms with Crippen molar-refractivity contribution in [3.05, 3.63) is 52.7 Å². The van der Waals surface area contributed by atoms with E-state index in [1.807, 2.05) is 18.2 Å². The van der Waals surface area contributed by atoms with Crippen molar-refractivity contribution >= 4 is 23.5 Å². The van der Waals surface area contributed by atoms with Crippen molar-refractivity contribution in [2.24, 2.45) is 5.41 Å². The highest BCUT2D eigenvalue weighted by Crippen LogP contribution is 2.36. The van der Waals surface area contributed by atoms with Gasteiger partial charge < -0.3 is 14.1 Å². The molecule has 1 atom stereocenters. The number of oxazole rings is 1. The van der Waals surface area contributed by atoms with Crippen molar-refractivity contribution in [2.75, 3.05) is 19.7 Å². The number of hydrogen-bond acceptors (Lipinski definition) is 5. The quantitative estimate of drug-likeness (QED) is 0.728. The zero-order valence-corrected chi connectivity index (χ0v) is 16.3. The largest absolute Gasteiger partial charge is 0.466 e. The number of ether oxygens (including phenoxy) is 1. The molecule has 2 heterocycles. The lowest BCUT2D eigenvalue weighted by Crippen LogP contribution is -2.51. The van der Waals surface area contributed by atoms with Crippen LogP contribution in [-0.4, -0.2) is 41.5 Å². The summed E-state index contributed by atoms with van der Waals surface area (Å²) in [4.78, 5) is 31.4. The Bertz CT molecular complexity index is 835. The Balaban J connectivity index is 1.89. The van der Waals surface area contributed by atoms with Crippen molar-refractivity contribution < 1.29 is 18.7 Å². The number of carbonyl (C=O) groups excluding carboxylic acids is 2. The molecule has 0 bridgehead atoms. The van der Waals surface area contributed by atoms with Gasteiger partial charge in [-0.3, -0.25) is 9.59 Å². The fourth-order valence-corrected chi connectivity index (χ4v) is 3.87. The van der Waals surface area contributed by atoms with Crippen LogP contribution in [0.3, 0.4) is 0 Å². The van der Waals surface area contributed by atoms with E-state index in [9.17, 15) is 9.59 Å². The van der Waals surface area contributed by atoms with Gasteiger partial charge in [0, 0.05) is 18.1 Å². The lowest BCUT2D eigenvalue weighted by Gasteiger charge is -2.40. The molecule has 2 aromatic rings. The van der Waals surface area contributed by atoms with Gasteiger partial charge in [-0.2, -0.15) is 0 Å². The number of halogens is 1. The molecular formula is C20H23ClN2O4. The van der Waals surface area contributed by atoms with Crippen LogP contribution in [0.5, 0.6) is 0 Å². The molecule has 1 fully saturated rings. The van der Waals surface area contributed by atoms with E-state index in [1.54, 1.807) is 24.8 Å². The first-order valence-electron chi connectivity index (χ1n) is 9.06. The predicted octanol–water partition coefficient (Wildman–Crippen LogP) is 3.66. The zero-order chi connectivity index (χ0) is 19.4. The first-order chi connectivity index (χ1) is 12.9. The van der Waals surface area contributed by atoms with Crippen LogP contribution in [0.25, 0.3) is 0 Å². The Morgan fingerprint density at radius 3 is 2.89 bits per heavy atom. The number of benzene rings is 1. The van der Waals surface area contributed by atoms with Crippen LogP contribution in [0.15, 0.2) is 35.1 Å². The average molecular weight is 391 g/mol. The van der Waals surface area contributed by atoms with Crippen molar-refractivity contribution in [1.29, 1.82) is 0 Å². The van der Waals surface area contributed by atoms with E-state index in [1.165, 1.54) is 6.39 Å². The summed E-state index contributed by atoms with van der Waals surface area (Å²) in [7, 11) is 0. The zero-order valence-electron chi connectivity index (χ0n) is 15.5. The lowest BCUT2D eigenvalue weighted by atomic mass is 9.75. The summed E-state index contributed by atoms with van der Waals surface area (Å²) >= 11 is 6.11. The molecule has 0 N–H and O–H groups in total. The number of aryl methyl sites for hydroxylation is 1. The first-order valence-corrected chi connectivity index (χ1v) is 9.44. The molecule has 0 radical (unpaired) electrons. The van der Waals surface area contributed by atoms with Crippen molar-refractivity contribution in [2.45, 2.75) is 33.1 Å². The normalized spacial score (nSPS) is 19.7. The van der Waals surface area contributed by atoms with Gasteiger partial charge >= 0.3 is 5.97 Å². The standard InChI is InChI=1S/C20H23ClN2O4/c1-3-26-19(25)20(11-15-6-4-7-16(21)10-15)8-5-9-23(12-20)18(24)17-14(2)22-13-27-17/h4,6-7,10,13H,3,5,8-9,11-12H2,1-2H3. The molecule has 1 aliphatic heterocycles. The van der Waals surface area contributed by atoms with Crippen molar-refractivity contribution in [3.8, 4) is 0 Å². The van der Waals surface area contributed by atoms with Gasteiger partial charge in [0.1, 0.15) is 0 Å². The van der Waals surface area contributed by atoms with Gasteiger partial charge in [-0.25, -0.2) is 4.98 Å². The highest BCUT2D eigenvalue weighted by atomic mass is 35.5. The number of carbonyl (C=O) groups is 2. The maximum Gasteiger partial charge on any atom is 0.314 e. The van der Waals surface area contributed by atoms with Crippen LogP contribution in [0.1, 0.15) is 41.6 Å². The average Bonchev–Trinajstić information content (AvgIpc) is 3.07. The third-order valence-corrected chi connectivity index (χ3v) is 5.18. The van der Waals surface area contributed by atoms with Crippen molar-refractivity contribution in [3.63, 3.8) is 0 Å². The van der Waals surface area contributed by atoms with Gasteiger partial charge in [-0.1, -0.05) is 23.7 Å². The molecule has 1 aromatic heterocycles. The number of rotatable bonds is 5. The SMILES string of the molecule is CCOC(=O)C1(Cc2cccc(Cl)c2)CCCN(C(=O)c2ocnc2C)C1.